The maximum Gasteiger partial charge on any atom is 0.122 e. The molecular formula is C14H23N3O2. The molecule has 0 fully saturated rings. The first-order valence-electron chi connectivity index (χ1n) is 6.38. The first-order valence-corrected chi connectivity index (χ1v) is 6.38. The summed E-state index contributed by atoms with van der Waals surface area (Å²) in [6.07, 6.45) is 1.03. The second kappa shape index (κ2) is 8.50. The van der Waals surface area contributed by atoms with Crippen molar-refractivity contribution in [3.05, 3.63) is 29.8 Å². The van der Waals surface area contributed by atoms with Gasteiger partial charge in [0, 0.05) is 32.4 Å². The van der Waals surface area contributed by atoms with Crippen LogP contribution in [0.25, 0.3) is 0 Å². The molecule has 5 heteroatoms. The molecule has 0 aliphatic rings. The largest absolute Gasteiger partial charge is 0.492 e. The fourth-order valence-corrected chi connectivity index (χ4v) is 1.64. The molecule has 5 nitrogen and oxygen atoms in total. The van der Waals surface area contributed by atoms with Gasteiger partial charge in [0.15, 0.2) is 0 Å². The van der Waals surface area contributed by atoms with Gasteiger partial charge in [0.25, 0.3) is 0 Å². The summed E-state index contributed by atoms with van der Waals surface area (Å²) >= 11 is 0. The van der Waals surface area contributed by atoms with E-state index in [1.807, 2.05) is 12.1 Å². The molecule has 106 valence electrons. The SMILES string of the molecule is COCCCN(C)CCOc1ccc(C(=N)N)cc1. The maximum absolute atomic E-state index is 7.30. The molecule has 0 spiro atoms. The minimum atomic E-state index is 0.0735. The quantitative estimate of drug-likeness (QED) is 0.401. The van der Waals surface area contributed by atoms with Crippen LogP contribution in [-0.4, -0.2) is 51.2 Å². The number of nitrogens with two attached hydrogens (primary N) is 1. The van der Waals surface area contributed by atoms with E-state index in [4.69, 9.17) is 20.6 Å². The molecule has 0 saturated heterocycles. The Kier molecular flexibility index (Phi) is 6.92. The lowest BCUT2D eigenvalue weighted by atomic mass is 10.2. The fraction of sp³-hybridized carbons (Fsp3) is 0.500. The number of amidine groups is 1. The number of nitrogen functional groups attached to an aromatic ring is 1. The van der Waals surface area contributed by atoms with Crippen LogP contribution in [0.4, 0.5) is 0 Å². The monoisotopic (exact) mass is 265 g/mol. The number of ether oxygens (including phenoxy) is 2. The summed E-state index contributed by atoms with van der Waals surface area (Å²) in [6, 6.07) is 7.25. The molecule has 3 N–H and O–H groups in total. The number of hydrogen-bond acceptors (Lipinski definition) is 4. The summed E-state index contributed by atoms with van der Waals surface area (Å²) in [4.78, 5) is 2.21. The van der Waals surface area contributed by atoms with Crippen molar-refractivity contribution in [2.24, 2.45) is 5.73 Å². The fourth-order valence-electron chi connectivity index (χ4n) is 1.64. The average molecular weight is 265 g/mol. The zero-order chi connectivity index (χ0) is 14.1. The van der Waals surface area contributed by atoms with Gasteiger partial charge in [0.2, 0.25) is 0 Å². The summed E-state index contributed by atoms with van der Waals surface area (Å²) in [5.74, 6) is 0.875. The summed E-state index contributed by atoms with van der Waals surface area (Å²) < 4.78 is 10.6. The Hall–Kier alpha value is -1.59. The van der Waals surface area contributed by atoms with E-state index in [0.29, 0.717) is 12.2 Å². The zero-order valence-corrected chi connectivity index (χ0v) is 11.7. The Morgan fingerprint density at radius 2 is 1.89 bits per heavy atom. The molecule has 0 saturated carbocycles. The Labute approximate surface area is 114 Å². The topological polar surface area (TPSA) is 71.6 Å². The van der Waals surface area contributed by atoms with E-state index in [-0.39, 0.29) is 5.84 Å². The van der Waals surface area contributed by atoms with E-state index in [0.717, 1.165) is 31.9 Å². The number of methoxy groups -OCH3 is 1. The van der Waals surface area contributed by atoms with Crippen LogP contribution >= 0.6 is 0 Å². The van der Waals surface area contributed by atoms with Crippen LogP contribution in [0.1, 0.15) is 12.0 Å². The van der Waals surface area contributed by atoms with Gasteiger partial charge >= 0.3 is 0 Å². The average Bonchev–Trinajstić information content (AvgIpc) is 2.39. The third kappa shape index (κ3) is 6.22. The van der Waals surface area contributed by atoms with E-state index in [2.05, 4.69) is 11.9 Å². The van der Waals surface area contributed by atoms with Gasteiger partial charge in [-0.3, -0.25) is 5.41 Å². The Bertz CT molecular complexity index is 379. The van der Waals surface area contributed by atoms with Crippen LogP contribution in [0.2, 0.25) is 0 Å². The highest BCUT2D eigenvalue weighted by Gasteiger charge is 2.00. The molecule has 1 aromatic rings. The highest BCUT2D eigenvalue weighted by Crippen LogP contribution is 2.11. The molecule has 1 aromatic carbocycles. The first kappa shape index (κ1) is 15.5. The minimum absolute atomic E-state index is 0.0735. The zero-order valence-electron chi connectivity index (χ0n) is 11.7. The minimum Gasteiger partial charge on any atom is -0.492 e. The normalized spacial score (nSPS) is 10.7. The Morgan fingerprint density at radius 3 is 2.47 bits per heavy atom. The van der Waals surface area contributed by atoms with E-state index < -0.39 is 0 Å². The second-order valence-corrected chi connectivity index (χ2v) is 4.44. The van der Waals surface area contributed by atoms with Crippen molar-refractivity contribution < 1.29 is 9.47 Å². The molecule has 0 aromatic heterocycles. The number of nitrogens with one attached hydrogen (secondary N) is 1. The Balaban J connectivity index is 2.23. The van der Waals surface area contributed by atoms with E-state index in [1.165, 1.54) is 0 Å². The summed E-state index contributed by atoms with van der Waals surface area (Å²) in [7, 11) is 3.78. The van der Waals surface area contributed by atoms with Gasteiger partial charge in [0.05, 0.1) is 0 Å². The van der Waals surface area contributed by atoms with Crippen molar-refractivity contribution in [1.29, 1.82) is 5.41 Å². The maximum atomic E-state index is 7.30. The van der Waals surface area contributed by atoms with Crippen LogP contribution in [0.15, 0.2) is 24.3 Å². The lowest BCUT2D eigenvalue weighted by molar-refractivity contribution is 0.172. The molecule has 0 unspecified atom stereocenters. The third-order valence-electron chi connectivity index (χ3n) is 2.80. The summed E-state index contributed by atoms with van der Waals surface area (Å²) in [5, 5.41) is 7.30. The molecule has 1 rings (SSSR count). The first-order chi connectivity index (χ1) is 9.13. The van der Waals surface area contributed by atoms with Gasteiger partial charge in [0.1, 0.15) is 18.2 Å². The molecular weight excluding hydrogens is 242 g/mol. The molecule has 0 aliphatic carbocycles. The molecule has 19 heavy (non-hydrogen) atoms. The number of benzene rings is 1. The van der Waals surface area contributed by atoms with Gasteiger partial charge < -0.3 is 20.1 Å². The number of rotatable bonds is 9. The van der Waals surface area contributed by atoms with Gasteiger partial charge in [-0.15, -0.1) is 0 Å². The molecule has 0 aliphatic heterocycles. The number of likely N-dealkylation sites (N-methyl/N-ethyl adjacent to an activating group) is 1. The number of nitrogens with zero attached hydrogens (tertiary/aromatic N) is 1. The predicted octanol–water partition coefficient (Wildman–Crippen LogP) is 1.32. The number of hydrogen-bond donors (Lipinski definition) is 2. The summed E-state index contributed by atoms with van der Waals surface area (Å²) in [5.41, 5.74) is 6.10. The van der Waals surface area contributed by atoms with Crippen molar-refractivity contribution in [3.63, 3.8) is 0 Å². The molecule has 0 heterocycles. The lowest BCUT2D eigenvalue weighted by Gasteiger charge is -2.16. The molecule has 0 amide bonds. The van der Waals surface area contributed by atoms with Crippen molar-refractivity contribution in [3.8, 4) is 5.75 Å². The van der Waals surface area contributed by atoms with Gasteiger partial charge in [-0.2, -0.15) is 0 Å². The smallest absolute Gasteiger partial charge is 0.122 e. The van der Waals surface area contributed by atoms with Crippen molar-refractivity contribution in [2.75, 3.05) is 40.5 Å². The lowest BCUT2D eigenvalue weighted by Crippen LogP contribution is -2.26. The van der Waals surface area contributed by atoms with Crippen LogP contribution in [-0.2, 0) is 4.74 Å². The highest BCUT2D eigenvalue weighted by atomic mass is 16.5. The van der Waals surface area contributed by atoms with Crippen LogP contribution in [0, 0.1) is 5.41 Å². The Morgan fingerprint density at radius 1 is 1.21 bits per heavy atom. The summed E-state index contributed by atoms with van der Waals surface area (Å²) in [6.45, 7) is 3.30. The molecule has 0 radical (unpaired) electrons. The molecule has 0 atom stereocenters. The van der Waals surface area contributed by atoms with Gasteiger partial charge in [-0.1, -0.05) is 0 Å². The third-order valence-corrected chi connectivity index (χ3v) is 2.80. The van der Waals surface area contributed by atoms with Crippen LogP contribution < -0.4 is 10.5 Å². The standard InChI is InChI=1S/C14H23N3O2/c1-17(8-3-10-18-2)9-11-19-13-6-4-12(5-7-13)14(15)16/h4-7H,3,8-11H2,1-2H3,(H3,15,16). The van der Waals surface area contributed by atoms with Crippen molar-refractivity contribution >= 4 is 5.84 Å². The van der Waals surface area contributed by atoms with E-state index in [1.54, 1.807) is 19.2 Å². The van der Waals surface area contributed by atoms with E-state index in [9.17, 15) is 0 Å². The van der Waals surface area contributed by atoms with Crippen molar-refractivity contribution in [1.82, 2.24) is 4.90 Å². The molecule has 0 bridgehead atoms. The van der Waals surface area contributed by atoms with E-state index >= 15 is 0 Å². The van der Waals surface area contributed by atoms with Gasteiger partial charge in [-0.25, -0.2) is 0 Å². The van der Waals surface area contributed by atoms with Crippen LogP contribution in [0.3, 0.4) is 0 Å². The van der Waals surface area contributed by atoms with Crippen molar-refractivity contribution in [2.45, 2.75) is 6.42 Å². The highest BCUT2D eigenvalue weighted by molar-refractivity contribution is 5.94. The van der Waals surface area contributed by atoms with Gasteiger partial charge in [-0.05, 0) is 37.7 Å². The predicted molar refractivity (Wildman–Crippen MR) is 76.9 cm³/mol. The van der Waals surface area contributed by atoms with Crippen LogP contribution in [0.5, 0.6) is 5.75 Å². The second-order valence-electron chi connectivity index (χ2n) is 4.44.